The molecule has 234 valence electrons. The van der Waals surface area contributed by atoms with Crippen molar-refractivity contribution in [1.29, 1.82) is 0 Å². The Labute approximate surface area is 285 Å². The molecule has 9 rings (SSSR count). The minimum Gasteiger partial charge on any atom is -0.568 e. The molecule has 0 radical (unpaired) electrons. The molecule has 8 nitrogen and oxygen atoms in total. The summed E-state index contributed by atoms with van der Waals surface area (Å²) < 4.78 is 17.0. The molecule has 3 N–H and O–H groups in total. The molecule has 0 bridgehead atoms. The topological polar surface area (TPSA) is 93.2 Å². The van der Waals surface area contributed by atoms with Crippen LogP contribution < -0.4 is 46.5 Å². The maximum atomic E-state index is 14.5. The van der Waals surface area contributed by atoms with Gasteiger partial charge in [-0.25, -0.2) is 0 Å². The largest absolute Gasteiger partial charge is 0.568 e. The van der Waals surface area contributed by atoms with Crippen LogP contribution in [0.3, 0.4) is 0 Å². The van der Waals surface area contributed by atoms with Gasteiger partial charge in [-0.05, 0) is 63.7 Å². The number of rotatable bonds is 6. The fourth-order valence-electron chi connectivity index (χ4n) is 7.67. The maximum absolute atomic E-state index is 14.5. The van der Waals surface area contributed by atoms with E-state index in [2.05, 4.69) is 64.2 Å². The summed E-state index contributed by atoms with van der Waals surface area (Å²) in [6.45, 7) is -0.526. The normalized spacial score (nSPS) is 18.6. The highest BCUT2D eigenvalue weighted by Gasteiger charge is 2.49. The third kappa shape index (κ3) is 4.62. The second-order valence-corrected chi connectivity index (χ2v) is 12.7. The Morgan fingerprint density at radius 2 is 1.33 bits per heavy atom. The van der Waals surface area contributed by atoms with Crippen LogP contribution in [0.4, 0.5) is 17.1 Å². The van der Waals surface area contributed by atoms with E-state index in [1.807, 2.05) is 60.7 Å². The summed E-state index contributed by atoms with van der Waals surface area (Å²) in [5.41, 5.74) is 6.58. The highest BCUT2D eigenvalue weighted by atomic mass is 16.5. The van der Waals surface area contributed by atoms with E-state index in [1.165, 1.54) is 0 Å². The van der Waals surface area contributed by atoms with Crippen molar-refractivity contribution >= 4 is 91.0 Å². The maximum Gasteiger partial charge on any atom is 0.427 e. The van der Waals surface area contributed by atoms with Crippen molar-refractivity contribution in [2.45, 2.75) is 12.0 Å². The van der Waals surface area contributed by atoms with Gasteiger partial charge in [-0.1, -0.05) is 72.8 Å². The van der Waals surface area contributed by atoms with Gasteiger partial charge in [-0.3, -0.25) is 4.79 Å². The molecule has 3 aliphatic rings. The molecule has 6 aromatic rings. The van der Waals surface area contributed by atoms with Gasteiger partial charge in [0.05, 0.1) is 22.8 Å². The van der Waals surface area contributed by atoms with Gasteiger partial charge in [0.1, 0.15) is 6.10 Å². The van der Waals surface area contributed by atoms with E-state index in [0.717, 1.165) is 77.2 Å². The number of nitrogens with zero attached hydrogens (tertiary/aromatic N) is 1. The van der Waals surface area contributed by atoms with Crippen molar-refractivity contribution < 1.29 is 18.8 Å². The first-order valence-electron chi connectivity index (χ1n) is 16.4. The van der Waals surface area contributed by atoms with E-state index in [1.54, 1.807) is 23.2 Å². The molecule has 2 heterocycles. The molecule has 0 saturated heterocycles. The Kier molecular flexibility index (Phi) is 6.95. The minimum atomic E-state index is -0.480. The van der Waals surface area contributed by atoms with Gasteiger partial charge in [-0.15, -0.1) is 0 Å². The average Bonchev–Trinajstić information content (AvgIpc) is 3.15. The number of carbonyl (C=O) groups excluding carboxylic acids is 1. The number of nitrogens with one attached hydrogen (secondary N) is 3. The van der Waals surface area contributed by atoms with E-state index < -0.39 is 12.0 Å². The number of anilines is 3. The van der Waals surface area contributed by atoms with Crippen LogP contribution in [0.5, 0.6) is 11.5 Å². The standard InChI is InChI=1S/C37H30B4N4O4/c1-47-37-32(26-18-8-20-4-2-6-28-30(20)34(26)44-40(42-28)22-10-14-24(48-38)15-11-22)36(46)33(37)27-19-9-21-5-3-7-29-31(21)35(27)45-41(43-29)23-12-16-25(49-39)17-13-23/h2-19,32,37,42-44H,38-39H2,1H3/b33-27+. The summed E-state index contributed by atoms with van der Waals surface area (Å²) in [6.07, 6.45) is -0.449. The zero-order chi connectivity index (χ0) is 33.2. The Morgan fingerprint density at radius 3 is 2.00 bits per heavy atom. The van der Waals surface area contributed by atoms with E-state index in [0.29, 0.717) is 5.57 Å². The van der Waals surface area contributed by atoms with Crippen LogP contribution in [-0.2, 0) is 9.53 Å². The van der Waals surface area contributed by atoms with Crippen molar-refractivity contribution in [3.05, 3.63) is 125 Å². The molecule has 0 spiro atoms. The number of carbonyl (C=O) groups is 1. The van der Waals surface area contributed by atoms with Gasteiger partial charge in [0.25, 0.3) is 0 Å². The number of hydrogen-bond acceptors (Lipinski definition) is 8. The molecule has 1 fully saturated rings. The van der Waals surface area contributed by atoms with Gasteiger partial charge in [0.15, 0.2) is 5.78 Å². The average molecular weight is 638 g/mol. The molecule has 2 atom stereocenters. The molecule has 49 heavy (non-hydrogen) atoms. The van der Waals surface area contributed by atoms with Crippen molar-refractivity contribution in [3.8, 4) is 11.5 Å². The number of methoxy groups -OCH3 is 1. The first-order valence-corrected chi connectivity index (χ1v) is 16.4. The van der Waals surface area contributed by atoms with Gasteiger partial charge >= 0.3 is 30.1 Å². The quantitative estimate of drug-likeness (QED) is 0.241. The summed E-state index contributed by atoms with van der Waals surface area (Å²) >= 11 is 0. The number of benzene rings is 6. The lowest BCUT2D eigenvalue weighted by atomic mass is 9.64. The first kappa shape index (κ1) is 29.5. The predicted molar refractivity (Wildman–Crippen MR) is 204 cm³/mol. The Morgan fingerprint density at radius 1 is 0.694 bits per heavy atom. The molecule has 2 unspecified atom stereocenters. The predicted octanol–water partition coefficient (Wildman–Crippen LogP) is 2.05. The molecule has 2 aliphatic heterocycles. The monoisotopic (exact) mass is 638 g/mol. The van der Waals surface area contributed by atoms with E-state index in [-0.39, 0.29) is 19.7 Å². The van der Waals surface area contributed by atoms with Crippen LogP contribution in [0.1, 0.15) is 11.5 Å². The van der Waals surface area contributed by atoms with Crippen molar-refractivity contribution in [2.75, 3.05) is 22.8 Å². The lowest BCUT2D eigenvalue weighted by Crippen LogP contribution is -2.52. The smallest absolute Gasteiger partial charge is 0.427 e. The molecule has 6 aromatic carbocycles. The number of hydrogen-bond donors (Lipinski definition) is 3. The van der Waals surface area contributed by atoms with Crippen molar-refractivity contribution in [3.63, 3.8) is 0 Å². The molecular weight excluding hydrogens is 608 g/mol. The van der Waals surface area contributed by atoms with Crippen LogP contribution in [0.25, 0.3) is 27.1 Å². The van der Waals surface area contributed by atoms with Gasteiger partial charge in [0.2, 0.25) is 0 Å². The van der Waals surface area contributed by atoms with Crippen LogP contribution >= 0.6 is 0 Å². The SMILES string of the molecule is BOc1ccc(B2N=c3/c(=C4\C(=O)C(c5ccc6cccc7c6c5NB(c5ccc(OB)cc5)N7)C4OC)ccc4cccc(c34)N2)cc1. The van der Waals surface area contributed by atoms with Crippen LogP contribution in [0.15, 0.2) is 114 Å². The summed E-state index contributed by atoms with van der Waals surface area (Å²) in [5.74, 6) is 1.15. The molecular formula is C37H30B4N4O4. The molecule has 1 saturated carbocycles. The van der Waals surface area contributed by atoms with E-state index in [9.17, 15) is 4.79 Å². The second kappa shape index (κ2) is 11.5. The highest BCUT2D eigenvalue weighted by Crippen LogP contribution is 2.47. The number of Topliss-reactive ketones (excluding diaryl/α,β-unsaturated/α-hetero) is 1. The van der Waals surface area contributed by atoms with Crippen molar-refractivity contribution in [2.24, 2.45) is 4.90 Å². The lowest BCUT2D eigenvalue weighted by molar-refractivity contribution is -0.123. The zero-order valence-corrected chi connectivity index (χ0v) is 27.3. The number of ether oxygens (including phenoxy) is 1. The van der Waals surface area contributed by atoms with Crippen LogP contribution in [0, 0.1) is 0 Å². The summed E-state index contributed by atoms with van der Waals surface area (Å²) in [7, 11) is 5.01. The Bertz CT molecular complexity index is 2440. The minimum absolute atomic E-state index is 0.0454. The molecule has 12 heteroatoms. The van der Waals surface area contributed by atoms with Gasteiger partial charge in [-0.2, -0.15) is 0 Å². The van der Waals surface area contributed by atoms with Gasteiger partial charge in [0, 0.05) is 45.7 Å². The Balaban J connectivity index is 1.18. The third-order valence-corrected chi connectivity index (χ3v) is 10.1. The number of ketones is 1. The van der Waals surface area contributed by atoms with Gasteiger partial charge < -0.3 is 34.6 Å². The molecule has 0 aromatic heterocycles. The summed E-state index contributed by atoms with van der Waals surface area (Å²) in [5, 5.41) is 16.8. The fraction of sp³-hybridized carbons (Fsp3) is 0.0811. The van der Waals surface area contributed by atoms with Crippen molar-refractivity contribution in [1.82, 2.24) is 0 Å². The summed E-state index contributed by atoms with van der Waals surface area (Å²) in [6, 6.07) is 36.6. The zero-order valence-electron chi connectivity index (χ0n) is 27.3. The van der Waals surface area contributed by atoms with Crippen LogP contribution in [0.2, 0.25) is 0 Å². The van der Waals surface area contributed by atoms with Crippen LogP contribution in [-0.4, -0.2) is 49.1 Å². The first-order chi connectivity index (χ1) is 24.1. The fourth-order valence-corrected chi connectivity index (χ4v) is 7.67. The lowest BCUT2D eigenvalue weighted by Gasteiger charge is -2.39. The van der Waals surface area contributed by atoms with E-state index >= 15 is 0 Å². The highest BCUT2D eigenvalue weighted by molar-refractivity contribution is 6.80. The van der Waals surface area contributed by atoms with E-state index in [4.69, 9.17) is 18.9 Å². The summed E-state index contributed by atoms with van der Waals surface area (Å²) in [4.78, 5) is 19.8. The third-order valence-electron chi connectivity index (χ3n) is 10.1. The Hall–Kier alpha value is -5.60. The molecule has 1 aliphatic carbocycles. The molecule has 0 amide bonds. The second-order valence-electron chi connectivity index (χ2n) is 12.7.